The van der Waals surface area contributed by atoms with Crippen molar-refractivity contribution in [3.05, 3.63) is 53.3 Å². The zero-order valence-electron chi connectivity index (χ0n) is 15.3. The Balaban J connectivity index is 2.09. The number of hydrazine groups is 1. The monoisotopic (exact) mass is 392 g/mol. The first-order valence-corrected chi connectivity index (χ1v) is 9.97. The quantitative estimate of drug-likeness (QED) is 0.353. The van der Waals surface area contributed by atoms with E-state index in [4.69, 9.17) is 15.7 Å². The molecule has 1 unspecified atom stereocenters. The molecule has 146 valence electrons. The second kappa shape index (κ2) is 8.94. The van der Waals surface area contributed by atoms with Crippen LogP contribution in [0.1, 0.15) is 47.3 Å². The largest absolute Gasteiger partial charge is 0.497 e. The lowest BCUT2D eigenvalue weighted by Gasteiger charge is -2.13. The highest BCUT2D eigenvalue weighted by Crippen LogP contribution is 2.25. The van der Waals surface area contributed by atoms with Gasteiger partial charge in [0.1, 0.15) is 5.75 Å². The van der Waals surface area contributed by atoms with Crippen LogP contribution in [0.15, 0.2) is 41.4 Å². The van der Waals surface area contributed by atoms with Gasteiger partial charge in [0.15, 0.2) is 0 Å². The Kier molecular flexibility index (Phi) is 6.89. The van der Waals surface area contributed by atoms with Crippen LogP contribution < -0.4 is 21.1 Å². The number of nitrogens with two attached hydrogens (primary N) is 2. The normalized spacial score (nSPS) is 12.4. The van der Waals surface area contributed by atoms with Crippen molar-refractivity contribution in [2.45, 2.75) is 37.0 Å². The maximum Gasteiger partial charge on any atom is 0.265 e. The summed E-state index contributed by atoms with van der Waals surface area (Å²) in [7, 11) is -2.28. The van der Waals surface area contributed by atoms with Gasteiger partial charge in [-0.25, -0.2) is 19.4 Å². The zero-order valence-corrected chi connectivity index (χ0v) is 16.1. The summed E-state index contributed by atoms with van der Waals surface area (Å²) in [5.41, 5.74) is 3.93. The van der Waals surface area contributed by atoms with Crippen LogP contribution in [0, 0.1) is 0 Å². The van der Waals surface area contributed by atoms with E-state index in [1.807, 2.05) is 6.92 Å². The van der Waals surface area contributed by atoms with Crippen LogP contribution in [0.3, 0.4) is 0 Å². The van der Waals surface area contributed by atoms with E-state index >= 15 is 0 Å². The van der Waals surface area contributed by atoms with Crippen LogP contribution in [-0.4, -0.2) is 26.4 Å². The van der Waals surface area contributed by atoms with E-state index < -0.39 is 10.0 Å². The molecule has 1 aromatic heterocycles. The molecule has 2 aromatic rings. The third-order valence-electron chi connectivity index (χ3n) is 4.34. The minimum absolute atomic E-state index is 0.0825. The summed E-state index contributed by atoms with van der Waals surface area (Å²) in [5, 5.41) is 5.30. The van der Waals surface area contributed by atoms with E-state index in [9.17, 15) is 13.2 Å². The fourth-order valence-corrected chi connectivity index (χ4v) is 3.63. The number of nitrogens with one attached hydrogen (secondary N) is 1. The highest BCUT2D eigenvalue weighted by atomic mass is 32.2. The first kappa shape index (κ1) is 20.8. The molecule has 5 N–H and O–H groups in total. The van der Waals surface area contributed by atoms with Crippen molar-refractivity contribution in [1.82, 2.24) is 10.4 Å². The lowest BCUT2D eigenvalue weighted by Crippen LogP contribution is -2.30. The van der Waals surface area contributed by atoms with Crippen molar-refractivity contribution >= 4 is 15.9 Å². The van der Waals surface area contributed by atoms with Gasteiger partial charge in [-0.2, -0.15) is 0 Å². The van der Waals surface area contributed by atoms with Gasteiger partial charge in [0.2, 0.25) is 10.0 Å². The fraction of sp³-hybridized carbons (Fsp3) is 0.333. The molecule has 1 amide bonds. The molecule has 0 saturated heterocycles. The van der Waals surface area contributed by atoms with E-state index in [0.717, 1.165) is 12.1 Å². The molecule has 0 spiro atoms. The Morgan fingerprint density at radius 1 is 1.30 bits per heavy atom. The number of carbonyl (C=O) groups is 1. The predicted octanol–water partition coefficient (Wildman–Crippen LogP) is 1.47. The average Bonchev–Trinajstić information content (AvgIpc) is 2.66. The number of aromatic nitrogens is 1. The summed E-state index contributed by atoms with van der Waals surface area (Å²) in [6, 6.07) is 8.02. The molecule has 0 radical (unpaired) electrons. The Bertz CT molecular complexity index is 915. The number of benzene rings is 1. The molecule has 0 aliphatic rings. The van der Waals surface area contributed by atoms with Gasteiger partial charge in [-0.15, -0.1) is 0 Å². The van der Waals surface area contributed by atoms with Crippen LogP contribution in [0.4, 0.5) is 0 Å². The fourth-order valence-electron chi connectivity index (χ4n) is 2.84. The van der Waals surface area contributed by atoms with Crippen molar-refractivity contribution in [1.29, 1.82) is 0 Å². The van der Waals surface area contributed by atoms with Crippen LogP contribution in [0.5, 0.6) is 5.75 Å². The first-order valence-electron chi connectivity index (χ1n) is 8.43. The number of hydrogen-bond acceptors (Lipinski definition) is 6. The Labute approximate surface area is 158 Å². The van der Waals surface area contributed by atoms with E-state index in [0.29, 0.717) is 29.7 Å². The Morgan fingerprint density at radius 2 is 2.04 bits per heavy atom. The zero-order chi connectivity index (χ0) is 20.0. The molecular weight excluding hydrogens is 368 g/mol. The molecule has 9 heteroatoms. The molecule has 0 bridgehead atoms. The number of nitrogens with zero attached hydrogens (tertiary/aromatic N) is 1. The number of hydrogen-bond donors (Lipinski definition) is 3. The number of sulfonamides is 1. The van der Waals surface area contributed by atoms with Crippen LogP contribution in [0.2, 0.25) is 0 Å². The van der Waals surface area contributed by atoms with Gasteiger partial charge in [0.25, 0.3) is 5.91 Å². The molecular formula is C18H24N4O4S. The lowest BCUT2D eigenvalue weighted by molar-refractivity contribution is 0.0953. The van der Waals surface area contributed by atoms with Gasteiger partial charge in [-0.1, -0.05) is 6.92 Å². The van der Waals surface area contributed by atoms with Crippen molar-refractivity contribution in [3.63, 3.8) is 0 Å². The molecule has 2 rings (SSSR count). The SMILES string of the molecule is COc1ccc(S(N)(=O)=O)c(CCCC(C)c2cc(C(=O)NN)ccn2)c1. The van der Waals surface area contributed by atoms with E-state index in [-0.39, 0.29) is 16.7 Å². The molecule has 8 nitrogen and oxygen atoms in total. The molecule has 0 saturated carbocycles. The summed E-state index contributed by atoms with van der Waals surface area (Å²) in [6.07, 6.45) is 3.56. The smallest absolute Gasteiger partial charge is 0.265 e. The Morgan fingerprint density at radius 3 is 2.67 bits per heavy atom. The molecule has 1 aromatic carbocycles. The molecule has 0 aliphatic carbocycles. The second-order valence-electron chi connectivity index (χ2n) is 6.25. The summed E-state index contributed by atoms with van der Waals surface area (Å²) < 4.78 is 28.7. The van der Waals surface area contributed by atoms with Crippen molar-refractivity contribution in [2.75, 3.05) is 7.11 Å². The van der Waals surface area contributed by atoms with E-state index in [1.165, 1.54) is 13.2 Å². The molecule has 1 heterocycles. The van der Waals surface area contributed by atoms with Crippen molar-refractivity contribution in [2.24, 2.45) is 11.0 Å². The van der Waals surface area contributed by atoms with Crippen molar-refractivity contribution < 1.29 is 17.9 Å². The summed E-state index contributed by atoms with van der Waals surface area (Å²) in [4.78, 5) is 16.1. The third kappa shape index (κ3) is 5.49. The number of methoxy groups -OCH3 is 1. The van der Waals surface area contributed by atoms with Gasteiger partial charge < -0.3 is 4.74 Å². The van der Waals surface area contributed by atoms with Gasteiger partial charge in [-0.3, -0.25) is 15.2 Å². The number of nitrogen functional groups attached to an aromatic ring is 1. The van der Waals surface area contributed by atoms with Gasteiger partial charge in [0, 0.05) is 17.5 Å². The third-order valence-corrected chi connectivity index (χ3v) is 5.35. The minimum Gasteiger partial charge on any atom is -0.497 e. The Hall–Kier alpha value is -2.49. The summed E-state index contributed by atoms with van der Waals surface area (Å²) >= 11 is 0. The topological polar surface area (TPSA) is 137 Å². The van der Waals surface area contributed by atoms with Crippen LogP contribution in [-0.2, 0) is 16.4 Å². The number of rotatable bonds is 8. The highest BCUT2D eigenvalue weighted by molar-refractivity contribution is 7.89. The van der Waals surface area contributed by atoms with E-state index in [1.54, 1.807) is 30.5 Å². The number of primary sulfonamides is 1. The highest BCUT2D eigenvalue weighted by Gasteiger charge is 2.16. The molecule has 0 aliphatic heterocycles. The second-order valence-corrected chi connectivity index (χ2v) is 7.78. The standard InChI is InChI=1S/C18H24N4O4S/c1-12(16-11-14(8-9-21-16)18(23)22-19)4-3-5-13-10-15(26-2)6-7-17(13)27(20,24)25/h6-12H,3-5,19H2,1-2H3,(H,22,23)(H2,20,24,25). The van der Waals surface area contributed by atoms with E-state index in [2.05, 4.69) is 10.4 Å². The summed E-state index contributed by atoms with van der Waals surface area (Å²) in [5.74, 6) is 5.44. The summed E-state index contributed by atoms with van der Waals surface area (Å²) in [6.45, 7) is 2.00. The first-order chi connectivity index (χ1) is 12.8. The maximum absolute atomic E-state index is 11.8. The predicted molar refractivity (Wildman–Crippen MR) is 102 cm³/mol. The van der Waals surface area contributed by atoms with Crippen LogP contribution in [0.25, 0.3) is 0 Å². The van der Waals surface area contributed by atoms with Crippen LogP contribution >= 0.6 is 0 Å². The maximum atomic E-state index is 11.8. The average molecular weight is 392 g/mol. The van der Waals surface area contributed by atoms with Crippen molar-refractivity contribution in [3.8, 4) is 5.75 Å². The molecule has 1 atom stereocenters. The molecule has 0 fully saturated rings. The van der Waals surface area contributed by atoms with Gasteiger partial charge >= 0.3 is 0 Å². The number of amides is 1. The number of carbonyl (C=O) groups excluding carboxylic acids is 1. The van der Waals surface area contributed by atoms with Gasteiger partial charge in [-0.05, 0) is 61.1 Å². The number of aryl methyl sites for hydroxylation is 1. The number of pyridine rings is 1. The van der Waals surface area contributed by atoms with Gasteiger partial charge in [0.05, 0.1) is 12.0 Å². The number of ether oxygens (including phenoxy) is 1. The molecule has 27 heavy (non-hydrogen) atoms. The minimum atomic E-state index is -3.80. The lowest BCUT2D eigenvalue weighted by atomic mass is 9.97.